The van der Waals surface area contributed by atoms with E-state index in [4.69, 9.17) is 16.3 Å². The summed E-state index contributed by atoms with van der Waals surface area (Å²) in [5.74, 6) is 1.26. The molecule has 4 nitrogen and oxygen atoms in total. The highest BCUT2D eigenvalue weighted by molar-refractivity contribution is 6.30. The first-order valence-corrected chi connectivity index (χ1v) is 8.36. The van der Waals surface area contributed by atoms with E-state index >= 15 is 0 Å². The van der Waals surface area contributed by atoms with E-state index in [-0.39, 0.29) is 0 Å². The van der Waals surface area contributed by atoms with Crippen LogP contribution < -0.4 is 4.74 Å². The van der Waals surface area contributed by atoms with Crippen molar-refractivity contribution in [2.75, 3.05) is 6.61 Å². The minimum atomic E-state index is 0.326. The van der Waals surface area contributed by atoms with Gasteiger partial charge < -0.3 is 4.74 Å². The van der Waals surface area contributed by atoms with Gasteiger partial charge in [0.15, 0.2) is 0 Å². The van der Waals surface area contributed by atoms with Crippen LogP contribution in [0.1, 0.15) is 50.8 Å². The first-order chi connectivity index (χ1) is 10.7. The predicted octanol–water partition coefficient (Wildman–Crippen LogP) is 4.48. The highest BCUT2D eigenvalue weighted by atomic mass is 35.5. The summed E-state index contributed by atoms with van der Waals surface area (Å²) in [5.41, 5.74) is 2.17. The van der Waals surface area contributed by atoms with Gasteiger partial charge in [0.1, 0.15) is 5.75 Å². The molecule has 2 rings (SSSR count). The van der Waals surface area contributed by atoms with Crippen molar-refractivity contribution >= 4 is 11.6 Å². The van der Waals surface area contributed by atoms with E-state index in [1.54, 1.807) is 0 Å². The Morgan fingerprint density at radius 2 is 2.09 bits per heavy atom. The number of halogens is 1. The Bertz CT molecular complexity index is 597. The summed E-state index contributed by atoms with van der Waals surface area (Å²) in [5, 5.41) is 9.11. The standard InChI is InChI=1S/C17H24ClN3O/c1-4-9-22-17-8-7-14(18)11-16(17)13(5-2)10-15-12-21(6-3)20-19-15/h7-8,11-13H,4-6,9-10H2,1-3H3. The average molecular weight is 322 g/mol. The third-order valence-electron chi connectivity index (χ3n) is 3.73. The molecule has 1 atom stereocenters. The van der Waals surface area contributed by atoms with Gasteiger partial charge in [-0.05, 0) is 49.4 Å². The van der Waals surface area contributed by atoms with Gasteiger partial charge in [-0.1, -0.05) is 30.7 Å². The van der Waals surface area contributed by atoms with Crippen molar-refractivity contribution in [1.29, 1.82) is 0 Å². The second-order valence-electron chi connectivity index (χ2n) is 5.41. The molecule has 1 aromatic carbocycles. The number of hydrogen-bond donors (Lipinski definition) is 0. The molecule has 0 spiro atoms. The minimum absolute atomic E-state index is 0.326. The fourth-order valence-corrected chi connectivity index (χ4v) is 2.68. The number of ether oxygens (including phenoxy) is 1. The predicted molar refractivity (Wildman–Crippen MR) is 89.7 cm³/mol. The van der Waals surface area contributed by atoms with Crippen LogP contribution in [0, 0.1) is 0 Å². The molecule has 22 heavy (non-hydrogen) atoms. The molecule has 0 fully saturated rings. The topological polar surface area (TPSA) is 39.9 Å². The summed E-state index contributed by atoms with van der Waals surface area (Å²) >= 11 is 6.19. The quantitative estimate of drug-likeness (QED) is 0.720. The summed E-state index contributed by atoms with van der Waals surface area (Å²) in [4.78, 5) is 0. The number of hydrogen-bond acceptors (Lipinski definition) is 3. The van der Waals surface area contributed by atoms with Crippen molar-refractivity contribution < 1.29 is 4.74 Å². The zero-order chi connectivity index (χ0) is 15.9. The molecule has 0 saturated heterocycles. The Labute approximate surface area is 137 Å². The fourth-order valence-electron chi connectivity index (χ4n) is 2.50. The Hall–Kier alpha value is -1.55. The molecule has 0 saturated carbocycles. The lowest BCUT2D eigenvalue weighted by atomic mass is 9.91. The molecule has 5 heteroatoms. The molecule has 0 aliphatic carbocycles. The molecule has 1 heterocycles. The Balaban J connectivity index is 2.23. The molecular weight excluding hydrogens is 298 g/mol. The van der Waals surface area contributed by atoms with Gasteiger partial charge >= 0.3 is 0 Å². The molecule has 0 aliphatic rings. The monoisotopic (exact) mass is 321 g/mol. The van der Waals surface area contributed by atoms with Crippen LogP contribution in [0.4, 0.5) is 0 Å². The summed E-state index contributed by atoms with van der Waals surface area (Å²) in [7, 11) is 0. The molecule has 1 unspecified atom stereocenters. The van der Waals surface area contributed by atoms with Crippen molar-refractivity contribution in [2.45, 2.75) is 52.5 Å². The van der Waals surface area contributed by atoms with E-state index in [9.17, 15) is 0 Å². The van der Waals surface area contributed by atoms with Crippen molar-refractivity contribution in [3.63, 3.8) is 0 Å². The lowest BCUT2D eigenvalue weighted by Crippen LogP contribution is -2.06. The van der Waals surface area contributed by atoms with Crippen LogP contribution in [-0.2, 0) is 13.0 Å². The molecule has 1 aromatic heterocycles. The third-order valence-corrected chi connectivity index (χ3v) is 3.97. The van der Waals surface area contributed by atoms with Crippen molar-refractivity contribution in [1.82, 2.24) is 15.0 Å². The van der Waals surface area contributed by atoms with Gasteiger partial charge in [0, 0.05) is 24.2 Å². The third kappa shape index (κ3) is 4.23. The number of aryl methyl sites for hydroxylation is 1. The maximum atomic E-state index is 6.19. The molecule has 0 bridgehead atoms. The lowest BCUT2D eigenvalue weighted by Gasteiger charge is -2.19. The number of aromatic nitrogens is 3. The Kier molecular flexibility index (Phi) is 6.25. The maximum Gasteiger partial charge on any atom is 0.122 e. The number of benzene rings is 1. The Morgan fingerprint density at radius 3 is 2.73 bits per heavy atom. The summed E-state index contributed by atoms with van der Waals surface area (Å²) < 4.78 is 7.74. The van der Waals surface area contributed by atoms with Crippen molar-refractivity contribution in [3.8, 4) is 5.75 Å². The van der Waals surface area contributed by atoms with Crippen LogP contribution in [-0.4, -0.2) is 21.6 Å². The zero-order valence-corrected chi connectivity index (χ0v) is 14.3. The molecule has 120 valence electrons. The van der Waals surface area contributed by atoms with Gasteiger partial charge in [-0.2, -0.15) is 0 Å². The van der Waals surface area contributed by atoms with E-state index in [1.807, 2.05) is 29.1 Å². The van der Waals surface area contributed by atoms with Gasteiger partial charge in [-0.25, -0.2) is 0 Å². The maximum absolute atomic E-state index is 6.19. The highest BCUT2D eigenvalue weighted by Gasteiger charge is 2.17. The van der Waals surface area contributed by atoms with E-state index < -0.39 is 0 Å². The van der Waals surface area contributed by atoms with Gasteiger partial charge in [-0.15, -0.1) is 5.10 Å². The molecule has 0 radical (unpaired) electrons. The molecule has 0 amide bonds. The van der Waals surface area contributed by atoms with Gasteiger partial charge in [0.25, 0.3) is 0 Å². The molecule has 0 aliphatic heterocycles. The first-order valence-electron chi connectivity index (χ1n) is 7.99. The number of rotatable bonds is 8. The second-order valence-corrected chi connectivity index (χ2v) is 5.84. The summed E-state index contributed by atoms with van der Waals surface area (Å²) in [6.45, 7) is 7.90. The normalized spacial score (nSPS) is 12.4. The average Bonchev–Trinajstić information content (AvgIpc) is 2.99. The van der Waals surface area contributed by atoms with Crippen LogP contribution >= 0.6 is 11.6 Å². The second kappa shape index (κ2) is 8.18. The molecular formula is C17H24ClN3O. The highest BCUT2D eigenvalue weighted by Crippen LogP contribution is 2.33. The van der Waals surface area contributed by atoms with Crippen LogP contribution in [0.2, 0.25) is 5.02 Å². The van der Waals surface area contributed by atoms with Crippen molar-refractivity contribution in [3.05, 3.63) is 40.7 Å². The van der Waals surface area contributed by atoms with E-state index in [2.05, 4.69) is 31.1 Å². The van der Waals surface area contributed by atoms with Gasteiger partial charge in [0.2, 0.25) is 0 Å². The Morgan fingerprint density at radius 1 is 1.27 bits per heavy atom. The SMILES string of the molecule is CCCOc1ccc(Cl)cc1C(CC)Cc1cn(CC)nn1. The van der Waals surface area contributed by atoms with E-state index in [1.165, 1.54) is 0 Å². The molecule has 2 aromatic rings. The fraction of sp³-hybridized carbons (Fsp3) is 0.529. The van der Waals surface area contributed by atoms with Gasteiger partial charge in [0.05, 0.1) is 12.3 Å². The molecule has 0 N–H and O–H groups in total. The van der Waals surface area contributed by atoms with Crippen LogP contribution in [0.3, 0.4) is 0 Å². The zero-order valence-electron chi connectivity index (χ0n) is 13.6. The van der Waals surface area contributed by atoms with Crippen LogP contribution in [0.15, 0.2) is 24.4 Å². The number of nitrogens with zero attached hydrogens (tertiary/aromatic N) is 3. The smallest absolute Gasteiger partial charge is 0.122 e. The van der Waals surface area contributed by atoms with Crippen LogP contribution in [0.5, 0.6) is 5.75 Å². The van der Waals surface area contributed by atoms with Crippen molar-refractivity contribution in [2.24, 2.45) is 0 Å². The van der Waals surface area contributed by atoms with Crippen LogP contribution in [0.25, 0.3) is 0 Å². The van der Waals surface area contributed by atoms with E-state index in [0.717, 1.165) is 54.4 Å². The summed E-state index contributed by atoms with van der Waals surface area (Å²) in [6, 6.07) is 5.87. The lowest BCUT2D eigenvalue weighted by molar-refractivity contribution is 0.311. The summed E-state index contributed by atoms with van der Waals surface area (Å²) in [6.07, 6.45) is 4.85. The first kappa shape index (κ1) is 16.8. The largest absolute Gasteiger partial charge is 0.493 e. The minimum Gasteiger partial charge on any atom is -0.493 e. The van der Waals surface area contributed by atoms with E-state index in [0.29, 0.717) is 5.92 Å². The van der Waals surface area contributed by atoms with Gasteiger partial charge in [-0.3, -0.25) is 4.68 Å².